The van der Waals surface area contributed by atoms with Crippen LogP contribution in [-0.2, 0) is 16.0 Å². The molecule has 0 spiro atoms. The molecule has 40 heavy (non-hydrogen) atoms. The van der Waals surface area contributed by atoms with Gasteiger partial charge in [0.15, 0.2) is 0 Å². The van der Waals surface area contributed by atoms with E-state index in [0.29, 0.717) is 49.5 Å². The smallest absolute Gasteiger partial charge is 0.241 e. The number of nitrogens with one attached hydrogen (secondary N) is 1. The molecule has 2 aromatic rings. The van der Waals surface area contributed by atoms with Gasteiger partial charge >= 0.3 is 0 Å². The second-order valence-electron chi connectivity index (χ2n) is 12.3. The van der Waals surface area contributed by atoms with Gasteiger partial charge in [0.05, 0.1) is 25.8 Å². The summed E-state index contributed by atoms with van der Waals surface area (Å²) >= 11 is 0. The number of hydrogen-bond acceptors (Lipinski definition) is 7. The standard InChI is InChI=1S/C31H42FN5O3/c1-20-14-35(27(13-33-20)15-36-21(2)17-39-18-22(36)3)16-30(38)37-28-11-24(10-23-4-8-26(32)9-5-23)12-34-31(28)40-19-29(37)25-6-7-25/h4-5,8-9,11-12,20-22,25,27,29,33H,6-7,10,13-19H2,1-3H3/t20-,21-,22-,27-,29?/m1/s1. The molecule has 1 amide bonds. The molecule has 1 aromatic heterocycles. The Hall–Kier alpha value is -2.59. The van der Waals surface area contributed by atoms with E-state index in [1.54, 1.807) is 18.3 Å². The first kappa shape index (κ1) is 27.6. The van der Waals surface area contributed by atoms with Crippen LogP contribution in [0.2, 0.25) is 0 Å². The van der Waals surface area contributed by atoms with Crippen molar-refractivity contribution in [1.82, 2.24) is 20.1 Å². The minimum absolute atomic E-state index is 0.0287. The first-order chi connectivity index (χ1) is 19.4. The monoisotopic (exact) mass is 551 g/mol. The molecule has 6 rings (SSSR count). The Morgan fingerprint density at radius 3 is 2.55 bits per heavy atom. The van der Waals surface area contributed by atoms with Gasteiger partial charge in [-0.25, -0.2) is 9.37 Å². The van der Waals surface area contributed by atoms with Crippen molar-refractivity contribution in [2.45, 2.75) is 70.2 Å². The molecule has 9 heteroatoms. The van der Waals surface area contributed by atoms with Gasteiger partial charge in [-0.1, -0.05) is 12.1 Å². The van der Waals surface area contributed by atoms with Crippen LogP contribution in [0.25, 0.3) is 0 Å². The van der Waals surface area contributed by atoms with Gasteiger partial charge in [0, 0.05) is 50.0 Å². The average Bonchev–Trinajstić information content (AvgIpc) is 3.78. The highest BCUT2D eigenvalue weighted by molar-refractivity contribution is 5.97. The van der Waals surface area contributed by atoms with Crippen LogP contribution in [0.4, 0.5) is 10.1 Å². The normalized spacial score (nSPS) is 29.6. The Morgan fingerprint density at radius 1 is 1.07 bits per heavy atom. The number of pyridine rings is 1. The second-order valence-corrected chi connectivity index (χ2v) is 12.3. The minimum Gasteiger partial charge on any atom is -0.474 e. The number of benzene rings is 1. The number of amides is 1. The van der Waals surface area contributed by atoms with Crippen molar-refractivity contribution in [3.8, 4) is 5.88 Å². The zero-order chi connectivity index (χ0) is 27.8. The number of aromatic nitrogens is 1. The summed E-state index contributed by atoms with van der Waals surface area (Å²) in [6, 6.07) is 9.90. The van der Waals surface area contributed by atoms with Crippen LogP contribution in [0.1, 0.15) is 44.7 Å². The van der Waals surface area contributed by atoms with Crippen LogP contribution in [-0.4, -0.2) is 96.9 Å². The highest BCUT2D eigenvalue weighted by atomic mass is 19.1. The SMILES string of the molecule is C[C@@H]1CN(CC(=O)N2c3cc(Cc4ccc(F)cc4)cnc3OCC2C2CC2)[C@@H](CN2[C@H](C)COC[C@H]2C)CN1. The fourth-order valence-electron chi connectivity index (χ4n) is 6.56. The van der Waals surface area contributed by atoms with Crippen LogP contribution in [0.15, 0.2) is 36.5 Å². The lowest BCUT2D eigenvalue weighted by molar-refractivity contribution is -0.122. The molecule has 2 saturated heterocycles. The van der Waals surface area contributed by atoms with Gasteiger partial charge in [-0.2, -0.15) is 0 Å². The molecular formula is C31H42FN5O3. The minimum atomic E-state index is -0.247. The molecule has 216 valence electrons. The van der Waals surface area contributed by atoms with Gasteiger partial charge < -0.3 is 14.8 Å². The molecule has 3 aliphatic heterocycles. The Balaban J connectivity index is 1.23. The van der Waals surface area contributed by atoms with Crippen LogP contribution in [0, 0.1) is 11.7 Å². The van der Waals surface area contributed by atoms with Crippen molar-refractivity contribution in [3.05, 3.63) is 53.5 Å². The highest BCUT2D eigenvalue weighted by Gasteiger charge is 2.43. The molecule has 1 N–H and O–H groups in total. The lowest BCUT2D eigenvalue weighted by Crippen LogP contribution is -2.63. The van der Waals surface area contributed by atoms with E-state index in [1.807, 2.05) is 11.0 Å². The number of anilines is 1. The first-order valence-corrected chi connectivity index (χ1v) is 14.8. The summed E-state index contributed by atoms with van der Waals surface area (Å²) in [5, 5.41) is 3.64. The molecule has 3 fully saturated rings. The number of ether oxygens (including phenoxy) is 2. The van der Waals surface area contributed by atoms with Crippen LogP contribution in [0.5, 0.6) is 5.88 Å². The molecule has 0 bridgehead atoms. The number of nitrogens with zero attached hydrogens (tertiary/aromatic N) is 4. The molecule has 1 unspecified atom stereocenters. The first-order valence-electron chi connectivity index (χ1n) is 14.8. The van der Waals surface area contributed by atoms with E-state index in [4.69, 9.17) is 9.47 Å². The highest BCUT2D eigenvalue weighted by Crippen LogP contribution is 2.42. The predicted octanol–water partition coefficient (Wildman–Crippen LogP) is 3.09. The van der Waals surface area contributed by atoms with Gasteiger partial charge in [-0.3, -0.25) is 19.5 Å². The van der Waals surface area contributed by atoms with E-state index in [0.717, 1.165) is 62.5 Å². The lowest BCUT2D eigenvalue weighted by Gasteiger charge is -2.46. The maximum Gasteiger partial charge on any atom is 0.241 e. The van der Waals surface area contributed by atoms with E-state index in [2.05, 4.69) is 40.9 Å². The number of rotatable bonds is 7. The van der Waals surface area contributed by atoms with E-state index < -0.39 is 0 Å². The van der Waals surface area contributed by atoms with Crippen molar-refractivity contribution in [2.75, 3.05) is 50.9 Å². The summed E-state index contributed by atoms with van der Waals surface area (Å²) in [5.74, 6) is 0.854. The fraction of sp³-hybridized carbons (Fsp3) is 0.613. The number of carbonyl (C=O) groups excluding carboxylic acids is 1. The van der Waals surface area contributed by atoms with Crippen LogP contribution < -0.4 is 15.0 Å². The third-order valence-electron chi connectivity index (χ3n) is 8.96. The number of morpholine rings is 1. The molecule has 1 saturated carbocycles. The van der Waals surface area contributed by atoms with Gasteiger partial charge in [-0.05, 0) is 75.3 Å². The molecule has 5 atom stereocenters. The molecule has 8 nitrogen and oxygen atoms in total. The number of carbonyl (C=O) groups is 1. The van der Waals surface area contributed by atoms with Gasteiger partial charge in [0.25, 0.3) is 0 Å². The second kappa shape index (κ2) is 11.7. The number of halogens is 1. The molecule has 0 radical (unpaired) electrons. The van der Waals surface area contributed by atoms with Gasteiger partial charge in [0.2, 0.25) is 11.8 Å². The molecule has 1 aliphatic carbocycles. The Kier molecular flexibility index (Phi) is 8.08. The lowest BCUT2D eigenvalue weighted by atomic mass is 10.0. The predicted molar refractivity (Wildman–Crippen MR) is 152 cm³/mol. The molecule has 1 aromatic carbocycles. The maximum absolute atomic E-state index is 14.3. The van der Waals surface area contributed by atoms with E-state index in [9.17, 15) is 9.18 Å². The van der Waals surface area contributed by atoms with Gasteiger partial charge in [0.1, 0.15) is 18.1 Å². The summed E-state index contributed by atoms with van der Waals surface area (Å²) in [6.07, 6.45) is 4.66. The molecular weight excluding hydrogens is 509 g/mol. The number of piperazine rings is 1. The molecule has 4 heterocycles. The van der Waals surface area contributed by atoms with E-state index >= 15 is 0 Å². The van der Waals surface area contributed by atoms with Crippen molar-refractivity contribution in [3.63, 3.8) is 0 Å². The van der Waals surface area contributed by atoms with Gasteiger partial charge in [-0.15, -0.1) is 0 Å². The quantitative estimate of drug-likeness (QED) is 0.567. The average molecular weight is 552 g/mol. The topological polar surface area (TPSA) is 70.2 Å². The fourth-order valence-corrected chi connectivity index (χ4v) is 6.56. The summed E-state index contributed by atoms with van der Waals surface area (Å²) < 4.78 is 25.3. The Labute approximate surface area is 236 Å². The number of fused-ring (bicyclic) bond motifs is 1. The van der Waals surface area contributed by atoms with E-state index in [-0.39, 0.29) is 23.8 Å². The summed E-state index contributed by atoms with van der Waals surface area (Å²) in [5.41, 5.74) is 2.75. The molecule has 4 aliphatic rings. The number of hydrogen-bond donors (Lipinski definition) is 1. The van der Waals surface area contributed by atoms with Crippen LogP contribution >= 0.6 is 0 Å². The summed E-state index contributed by atoms with van der Waals surface area (Å²) in [4.78, 5) is 25.8. The zero-order valence-corrected chi connectivity index (χ0v) is 23.9. The maximum atomic E-state index is 14.3. The third kappa shape index (κ3) is 6.03. The van der Waals surface area contributed by atoms with Crippen molar-refractivity contribution >= 4 is 11.6 Å². The Morgan fingerprint density at radius 2 is 1.82 bits per heavy atom. The van der Waals surface area contributed by atoms with Crippen molar-refractivity contribution in [1.29, 1.82) is 0 Å². The third-order valence-corrected chi connectivity index (χ3v) is 8.96. The summed E-state index contributed by atoms with van der Waals surface area (Å²) in [6.45, 7) is 11.6. The van der Waals surface area contributed by atoms with E-state index in [1.165, 1.54) is 12.1 Å². The largest absolute Gasteiger partial charge is 0.474 e. The Bertz CT molecular complexity index is 1180. The van der Waals surface area contributed by atoms with Crippen molar-refractivity contribution < 1.29 is 18.7 Å². The van der Waals surface area contributed by atoms with Crippen LogP contribution in [0.3, 0.4) is 0 Å². The van der Waals surface area contributed by atoms with Crippen molar-refractivity contribution in [2.24, 2.45) is 5.92 Å². The summed E-state index contributed by atoms with van der Waals surface area (Å²) in [7, 11) is 0. The zero-order valence-electron chi connectivity index (χ0n) is 23.9.